The Bertz CT molecular complexity index is 207. The predicted molar refractivity (Wildman–Crippen MR) is 36.4 cm³/mol. The van der Waals surface area contributed by atoms with Gasteiger partial charge in [0.25, 0.3) is 0 Å². The van der Waals surface area contributed by atoms with Crippen molar-refractivity contribution in [3.8, 4) is 0 Å². The van der Waals surface area contributed by atoms with E-state index in [9.17, 15) is 4.91 Å². The van der Waals surface area contributed by atoms with Crippen LogP contribution in [0.15, 0.2) is 29.4 Å². The van der Waals surface area contributed by atoms with Crippen molar-refractivity contribution in [2.75, 3.05) is 0 Å². The van der Waals surface area contributed by atoms with Crippen LogP contribution in [-0.2, 0) is 19.5 Å². The smallest absolute Gasteiger partial charge is 0.0835 e. The van der Waals surface area contributed by atoms with Crippen LogP contribution in [0.3, 0.4) is 0 Å². The van der Waals surface area contributed by atoms with E-state index in [1.165, 1.54) is 0 Å². The molecule has 0 saturated carbocycles. The summed E-state index contributed by atoms with van der Waals surface area (Å²) >= 11 is 0. The molecule has 0 atom stereocenters. The first-order valence-corrected chi connectivity index (χ1v) is 2.58. The predicted octanol–water partition coefficient (Wildman–Crippen LogP) is 2.26. The van der Waals surface area contributed by atoms with Crippen molar-refractivity contribution in [1.82, 2.24) is 0 Å². The molecule has 0 aliphatic heterocycles. The zero-order chi connectivity index (χ0) is 6.69. The zero-order valence-electron chi connectivity index (χ0n) is 5.58. The summed E-state index contributed by atoms with van der Waals surface area (Å²) in [5.74, 6) is 0. The molecule has 0 amide bonds. The maximum absolute atomic E-state index is 9.85. The van der Waals surface area contributed by atoms with Gasteiger partial charge in [-0.1, -0.05) is 12.1 Å². The van der Waals surface area contributed by atoms with Crippen LogP contribution in [0.25, 0.3) is 0 Å². The molecule has 0 saturated heterocycles. The average molecular weight is 186 g/mol. The molecule has 0 bridgehead atoms. The second kappa shape index (κ2) is 4.18. The molecule has 0 spiro atoms. The van der Waals surface area contributed by atoms with E-state index in [0.717, 1.165) is 5.56 Å². The molecule has 0 aromatic heterocycles. The van der Waals surface area contributed by atoms with Crippen LogP contribution in [0.4, 0.5) is 5.69 Å². The van der Waals surface area contributed by atoms with Crippen LogP contribution in [-0.4, -0.2) is 0 Å². The third-order valence-electron chi connectivity index (χ3n) is 1.04. The molecular weight excluding hydrogens is 179 g/mol. The topological polar surface area (TPSA) is 29.4 Å². The van der Waals surface area contributed by atoms with Gasteiger partial charge in [0.15, 0.2) is 0 Å². The number of hydrogen-bond donors (Lipinski definition) is 0. The van der Waals surface area contributed by atoms with Crippen molar-refractivity contribution in [1.29, 1.82) is 0 Å². The van der Waals surface area contributed by atoms with Gasteiger partial charge in [0.2, 0.25) is 0 Å². The van der Waals surface area contributed by atoms with Crippen molar-refractivity contribution < 1.29 is 19.5 Å². The van der Waals surface area contributed by atoms with E-state index in [-0.39, 0.29) is 19.5 Å². The summed E-state index contributed by atoms with van der Waals surface area (Å²) in [6, 6.07) is 6.76. The molecule has 48 valence electrons. The van der Waals surface area contributed by atoms with E-state index in [4.69, 9.17) is 0 Å². The molecule has 0 aliphatic rings. The van der Waals surface area contributed by atoms with Crippen LogP contribution in [0, 0.1) is 11.8 Å². The van der Waals surface area contributed by atoms with Gasteiger partial charge in [-0.3, -0.25) is 0 Å². The average Bonchev–Trinajstić information content (AvgIpc) is 1.90. The molecule has 0 aliphatic carbocycles. The standard InChI is InChI=1S/C7H6NO.Zn/c1-6-2-4-7(8-9)5-3-6;/h2-5H,1H2;/q-1;. The fourth-order valence-corrected chi connectivity index (χ4v) is 0.557. The van der Waals surface area contributed by atoms with Crippen LogP contribution in [0.2, 0.25) is 0 Å². The van der Waals surface area contributed by atoms with Gasteiger partial charge < -0.3 is 0 Å². The Morgan fingerprint density at radius 1 is 1.20 bits per heavy atom. The van der Waals surface area contributed by atoms with Crippen LogP contribution in [0.1, 0.15) is 5.56 Å². The maximum Gasteiger partial charge on any atom is 0.0835 e. The molecule has 0 N–H and O–H groups in total. The SMILES string of the molecule is [CH2-]c1ccc(N=O)cc1.[Zn]. The minimum absolute atomic E-state index is 0. The van der Waals surface area contributed by atoms with Crippen molar-refractivity contribution in [2.24, 2.45) is 5.18 Å². The number of hydrogen-bond acceptors (Lipinski definition) is 2. The molecule has 2 nitrogen and oxygen atoms in total. The fraction of sp³-hybridized carbons (Fsp3) is 0. The van der Waals surface area contributed by atoms with Gasteiger partial charge in [-0.2, -0.15) is 24.6 Å². The molecule has 0 fully saturated rings. The molecule has 1 aromatic rings. The molecular formula is C7H6NOZn-. The molecule has 3 heteroatoms. The van der Waals surface area contributed by atoms with Gasteiger partial charge >= 0.3 is 0 Å². The largest absolute Gasteiger partial charge is 0.199 e. The van der Waals surface area contributed by atoms with Gasteiger partial charge in [-0.05, 0) is 5.18 Å². The first kappa shape index (κ1) is 9.31. The zero-order valence-corrected chi connectivity index (χ0v) is 8.55. The summed E-state index contributed by atoms with van der Waals surface area (Å²) in [4.78, 5) is 9.85. The Hall–Kier alpha value is -0.687. The van der Waals surface area contributed by atoms with Gasteiger partial charge in [-0.15, -0.1) is 4.91 Å². The Kier molecular flexibility index (Phi) is 3.89. The summed E-state index contributed by atoms with van der Waals surface area (Å²) in [6.45, 7) is 3.65. The Morgan fingerprint density at radius 3 is 2.10 bits per heavy atom. The van der Waals surface area contributed by atoms with E-state index in [1.54, 1.807) is 24.3 Å². The van der Waals surface area contributed by atoms with E-state index in [2.05, 4.69) is 12.1 Å². The first-order valence-electron chi connectivity index (χ1n) is 2.58. The van der Waals surface area contributed by atoms with Crippen molar-refractivity contribution in [3.63, 3.8) is 0 Å². The molecule has 1 rings (SSSR count). The van der Waals surface area contributed by atoms with Crippen molar-refractivity contribution >= 4 is 5.69 Å². The Morgan fingerprint density at radius 2 is 1.70 bits per heavy atom. The molecule has 0 unspecified atom stereocenters. The van der Waals surface area contributed by atoms with E-state index >= 15 is 0 Å². The Labute approximate surface area is 72.4 Å². The maximum atomic E-state index is 9.85. The second-order valence-electron chi connectivity index (χ2n) is 1.76. The minimum Gasteiger partial charge on any atom is -0.199 e. The summed E-state index contributed by atoms with van der Waals surface area (Å²) < 4.78 is 0. The first-order chi connectivity index (χ1) is 4.33. The number of nitroso groups, excluding NO2 is 1. The summed E-state index contributed by atoms with van der Waals surface area (Å²) in [6.07, 6.45) is 0. The molecule has 10 heavy (non-hydrogen) atoms. The summed E-state index contributed by atoms with van der Waals surface area (Å²) in [7, 11) is 0. The van der Waals surface area contributed by atoms with Gasteiger partial charge in [-0.25, -0.2) is 0 Å². The third-order valence-corrected chi connectivity index (χ3v) is 1.04. The van der Waals surface area contributed by atoms with E-state index in [0.29, 0.717) is 5.69 Å². The number of rotatable bonds is 1. The summed E-state index contributed by atoms with van der Waals surface area (Å²) in [5, 5.41) is 2.73. The van der Waals surface area contributed by atoms with Gasteiger partial charge in [0.05, 0.1) is 5.69 Å². The van der Waals surface area contributed by atoms with Crippen LogP contribution in [0.5, 0.6) is 0 Å². The van der Waals surface area contributed by atoms with Crippen molar-refractivity contribution in [3.05, 3.63) is 41.7 Å². The molecule has 0 heterocycles. The molecule has 1 aromatic carbocycles. The summed E-state index contributed by atoms with van der Waals surface area (Å²) in [5.41, 5.74) is 1.34. The monoisotopic (exact) mass is 184 g/mol. The van der Waals surface area contributed by atoms with E-state index < -0.39 is 0 Å². The van der Waals surface area contributed by atoms with Crippen LogP contribution >= 0.6 is 0 Å². The molecule has 0 radical (unpaired) electrons. The third kappa shape index (κ3) is 2.28. The Balaban J connectivity index is 0.000000810. The van der Waals surface area contributed by atoms with Gasteiger partial charge in [0.1, 0.15) is 0 Å². The van der Waals surface area contributed by atoms with Gasteiger partial charge in [0, 0.05) is 19.5 Å². The van der Waals surface area contributed by atoms with Crippen LogP contribution < -0.4 is 0 Å². The minimum atomic E-state index is 0. The fourth-order valence-electron chi connectivity index (χ4n) is 0.557. The quantitative estimate of drug-likeness (QED) is 0.375. The normalized spacial score (nSPS) is 8.00. The number of benzene rings is 1. The second-order valence-corrected chi connectivity index (χ2v) is 1.76. The van der Waals surface area contributed by atoms with Crippen molar-refractivity contribution in [2.45, 2.75) is 0 Å². The number of nitrogens with zero attached hydrogens (tertiary/aromatic N) is 1. The van der Waals surface area contributed by atoms with E-state index in [1.807, 2.05) is 0 Å².